The molecule has 0 heterocycles. The Labute approximate surface area is 180 Å². The molecule has 0 aromatic heterocycles. The van der Waals surface area contributed by atoms with Crippen LogP contribution in [0.1, 0.15) is 22.8 Å². The molecule has 1 N–H and O–H groups in total. The van der Waals surface area contributed by atoms with Gasteiger partial charge in [-0.15, -0.1) is 0 Å². The fourth-order valence-electron chi connectivity index (χ4n) is 2.48. The van der Waals surface area contributed by atoms with E-state index in [9.17, 15) is 19.6 Å². The van der Waals surface area contributed by atoms with Gasteiger partial charge in [-0.1, -0.05) is 12.1 Å². The summed E-state index contributed by atoms with van der Waals surface area (Å²) < 4.78 is 9.82. The summed E-state index contributed by atoms with van der Waals surface area (Å²) in [6, 6.07) is 15.1. The first-order chi connectivity index (χ1) is 14.8. The lowest BCUT2D eigenvalue weighted by molar-refractivity contribution is -0.142. The van der Waals surface area contributed by atoms with Crippen LogP contribution < -0.4 is 10.2 Å². The number of esters is 2. The van der Waals surface area contributed by atoms with E-state index in [-0.39, 0.29) is 12.2 Å². The van der Waals surface area contributed by atoms with E-state index < -0.39 is 24.5 Å². The number of nitrogens with zero attached hydrogens (tertiary/aromatic N) is 2. The van der Waals surface area contributed by atoms with Crippen molar-refractivity contribution in [3.63, 3.8) is 0 Å². The highest BCUT2D eigenvalue weighted by Gasteiger charge is 2.14. The summed E-state index contributed by atoms with van der Waals surface area (Å²) in [7, 11) is 3.81. The van der Waals surface area contributed by atoms with E-state index in [1.165, 1.54) is 30.3 Å². The van der Waals surface area contributed by atoms with Gasteiger partial charge in [0, 0.05) is 25.5 Å². The number of nitriles is 1. The Morgan fingerprint density at radius 1 is 1.03 bits per heavy atom. The summed E-state index contributed by atoms with van der Waals surface area (Å²) in [4.78, 5) is 37.7. The van der Waals surface area contributed by atoms with Crippen LogP contribution in [0, 0.1) is 11.3 Å². The number of carbonyl (C=O) groups is 3. The van der Waals surface area contributed by atoms with E-state index in [0.717, 1.165) is 5.69 Å². The second-order valence-electron chi connectivity index (χ2n) is 6.58. The first-order valence-electron chi connectivity index (χ1n) is 9.47. The van der Waals surface area contributed by atoms with Gasteiger partial charge in [0.25, 0.3) is 5.91 Å². The van der Waals surface area contributed by atoms with Crippen LogP contribution in [-0.4, -0.2) is 45.2 Å². The Kier molecular flexibility index (Phi) is 8.34. The minimum atomic E-state index is -0.896. The standard InChI is InChI=1S/C23H23N3O5/c1-4-30-22(28)17-7-9-19(10-8-17)25-21(27)15-31-23(29)18(14-24)13-16-5-11-20(12-6-16)26(2)3/h5-13H,4,15H2,1-3H3,(H,25,27)/b18-13+. The fourth-order valence-corrected chi connectivity index (χ4v) is 2.48. The Morgan fingerprint density at radius 3 is 2.23 bits per heavy atom. The number of anilines is 2. The van der Waals surface area contributed by atoms with E-state index in [1.807, 2.05) is 31.1 Å². The summed E-state index contributed by atoms with van der Waals surface area (Å²) in [6.07, 6.45) is 1.40. The van der Waals surface area contributed by atoms with Gasteiger partial charge >= 0.3 is 11.9 Å². The van der Waals surface area contributed by atoms with Crippen LogP contribution in [0.3, 0.4) is 0 Å². The third-order valence-electron chi connectivity index (χ3n) is 4.08. The molecule has 0 bridgehead atoms. The smallest absolute Gasteiger partial charge is 0.349 e. The second-order valence-corrected chi connectivity index (χ2v) is 6.58. The van der Waals surface area contributed by atoms with Gasteiger partial charge < -0.3 is 19.7 Å². The third-order valence-corrected chi connectivity index (χ3v) is 4.08. The normalized spacial score (nSPS) is 10.6. The summed E-state index contributed by atoms with van der Waals surface area (Å²) in [5, 5.41) is 11.8. The number of hydrogen-bond donors (Lipinski definition) is 1. The van der Waals surface area contributed by atoms with Crippen molar-refractivity contribution in [3.8, 4) is 6.07 Å². The summed E-state index contributed by atoms with van der Waals surface area (Å²) >= 11 is 0. The van der Waals surface area contributed by atoms with Crippen LogP contribution in [-0.2, 0) is 19.1 Å². The first-order valence-corrected chi connectivity index (χ1v) is 9.47. The van der Waals surface area contributed by atoms with Crippen molar-refractivity contribution >= 4 is 35.3 Å². The van der Waals surface area contributed by atoms with Gasteiger partial charge in [0.05, 0.1) is 12.2 Å². The zero-order valence-corrected chi connectivity index (χ0v) is 17.5. The molecule has 0 aliphatic carbocycles. The molecule has 8 nitrogen and oxygen atoms in total. The molecule has 0 fully saturated rings. The second kappa shape index (κ2) is 11.2. The van der Waals surface area contributed by atoms with Crippen LogP contribution in [0.25, 0.3) is 6.08 Å². The fraction of sp³-hybridized carbons (Fsp3) is 0.217. The maximum atomic E-state index is 12.1. The highest BCUT2D eigenvalue weighted by atomic mass is 16.5. The van der Waals surface area contributed by atoms with Gasteiger partial charge in [-0.2, -0.15) is 5.26 Å². The SMILES string of the molecule is CCOC(=O)c1ccc(NC(=O)COC(=O)/C(C#N)=C/c2ccc(N(C)C)cc2)cc1. The number of amides is 1. The number of ether oxygens (including phenoxy) is 2. The molecular formula is C23H23N3O5. The average molecular weight is 421 g/mol. The molecule has 2 aromatic rings. The van der Waals surface area contributed by atoms with E-state index >= 15 is 0 Å². The Balaban J connectivity index is 1.92. The van der Waals surface area contributed by atoms with Gasteiger partial charge in [-0.05, 0) is 55.0 Å². The van der Waals surface area contributed by atoms with Crippen molar-refractivity contribution in [2.45, 2.75) is 6.92 Å². The summed E-state index contributed by atoms with van der Waals surface area (Å²) in [5.41, 5.74) is 2.19. The lowest BCUT2D eigenvalue weighted by atomic mass is 10.1. The number of hydrogen-bond acceptors (Lipinski definition) is 7. The first kappa shape index (κ1) is 23.2. The summed E-state index contributed by atoms with van der Waals surface area (Å²) in [6.45, 7) is 1.42. The molecule has 0 aliphatic heterocycles. The largest absolute Gasteiger partial charge is 0.462 e. The van der Waals surface area contributed by atoms with Crippen molar-refractivity contribution in [2.24, 2.45) is 0 Å². The van der Waals surface area contributed by atoms with Gasteiger partial charge in [0.2, 0.25) is 0 Å². The van der Waals surface area contributed by atoms with Crippen molar-refractivity contribution in [2.75, 3.05) is 37.5 Å². The van der Waals surface area contributed by atoms with Crippen molar-refractivity contribution < 1.29 is 23.9 Å². The molecule has 0 spiro atoms. The molecule has 0 aliphatic rings. The number of nitrogens with one attached hydrogen (secondary N) is 1. The molecular weight excluding hydrogens is 398 g/mol. The number of carbonyl (C=O) groups excluding carboxylic acids is 3. The van der Waals surface area contributed by atoms with E-state index in [2.05, 4.69) is 5.32 Å². The molecule has 2 aromatic carbocycles. The molecule has 0 saturated heterocycles. The predicted molar refractivity (Wildman–Crippen MR) is 116 cm³/mol. The molecule has 0 saturated carbocycles. The zero-order chi connectivity index (χ0) is 22.8. The lowest BCUT2D eigenvalue weighted by Crippen LogP contribution is -2.21. The Morgan fingerprint density at radius 2 is 1.68 bits per heavy atom. The molecule has 2 rings (SSSR count). The van der Waals surface area contributed by atoms with E-state index in [1.54, 1.807) is 25.1 Å². The van der Waals surface area contributed by atoms with Gasteiger partial charge in [-0.25, -0.2) is 9.59 Å². The molecule has 0 atom stereocenters. The molecule has 1 amide bonds. The maximum Gasteiger partial charge on any atom is 0.349 e. The lowest BCUT2D eigenvalue weighted by Gasteiger charge is -2.11. The topological polar surface area (TPSA) is 109 Å². The predicted octanol–water partition coefficient (Wildman–Crippen LogP) is 3.02. The van der Waals surface area contributed by atoms with Crippen LogP contribution in [0.4, 0.5) is 11.4 Å². The van der Waals surface area contributed by atoms with E-state index in [4.69, 9.17) is 9.47 Å². The minimum absolute atomic E-state index is 0.218. The minimum Gasteiger partial charge on any atom is -0.462 e. The Bertz CT molecular complexity index is 1000. The third kappa shape index (κ3) is 7.01. The van der Waals surface area contributed by atoms with Crippen molar-refractivity contribution in [1.29, 1.82) is 5.26 Å². The molecule has 0 radical (unpaired) electrons. The van der Waals surface area contributed by atoms with Gasteiger partial charge in [0.1, 0.15) is 11.6 Å². The Hall–Kier alpha value is -4.12. The van der Waals surface area contributed by atoms with Crippen molar-refractivity contribution in [3.05, 3.63) is 65.2 Å². The molecule has 8 heteroatoms. The van der Waals surface area contributed by atoms with Crippen LogP contribution in [0.2, 0.25) is 0 Å². The quantitative estimate of drug-likeness (QED) is 0.396. The molecule has 0 unspecified atom stereocenters. The summed E-state index contributed by atoms with van der Waals surface area (Å²) in [5.74, 6) is -1.93. The molecule has 160 valence electrons. The van der Waals surface area contributed by atoms with Crippen molar-refractivity contribution in [1.82, 2.24) is 0 Å². The van der Waals surface area contributed by atoms with Gasteiger partial charge in [-0.3, -0.25) is 4.79 Å². The number of rotatable bonds is 8. The monoisotopic (exact) mass is 421 g/mol. The van der Waals surface area contributed by atoms with Crippen LogP contribution >= 0.6 is 0 Å². The van der Waals surface area contributed by atoms with Crippen LogP contribution in [0.5, 0.6) is 0 Å². The van der Waals surface area contributed by atoms with E-state index in [0.29, 0.717) is 16.8 Å². The highest BCUT2D eigenvalue weighted by molar-refractivity contribution is 6.00. The maximum absolute atomic E-state index is 12.1. The van der Waals surface area contributed by atoms with Crippen LogP contribution in [0.15, 0.2) is 54.1 Å². The average Bonchev–Trinajstić information content (AvgIpc) is 2.76. The highest BCUT2D eigenvalue weighted by Crippen LogP contribution is 2.15. The number of benzene rings is 2. The van der Waals surface area contributed by atoms with Gasteiger partial charge in [0.15, 0.2) is 6.61 Å². The molecule has 31 heavy (non-hydrogen) atoms. The zero-order valence-electron chi connectivity index (χ0n) is 17.5.